The SMILES string of the molecule is CC(=O)C1C(=O)C(=O)N(c2ccc(Br)cc2)C1C1CCCCC1. The van der Waals surface area contributed by atoms with Crippen molar-refractivity contribution in [2.75, 3.05) is 4.90 Å². The summed E-state index contributed by atoms with van der Waals surface area (Å²) in [5.41, 5.74) is 0.700. The Morgan fingerprint density at radius 3 is 2.26 bits per heavy atom. The number of ketones is 2. The van der Waals surface area contributed by atoms with Crippen LogP contribution in [0.15, 0.2) is 28.7 Å². The highest BCUT2D eigenvalue weighted by Gasteiger charge is 2.52. The lowest BCUT2D eigenvalue weighted by atomic mass is 9.77. The van der Waals surface area contributed by atoms with Crippen LogP contribution in [0, 0.1) is 11.8 Å². The summed E-state index contributed by atoms with van der Waals surface area (Å²) in [6, 6.07) is 7.04. The van der Waals surface area contributed by atoms with Crippen LogP contribution in [0.2, 0.25) is 0 Å². The Bertz CT molecular complexity index is 634. The van der Waals surface area contributed by atoms with E-state index in [1.807, 2.05) is 24.3 Å². The Hall–Kier alpha value is -1.49. The van der Waals surface area contributed by atoms with Crippen LogP contribution >= 0.6 is 15.9 Å². The number of anilines is 1. The maximum atomic E-state index is 12.6. The lowest BCUT2D eigenvalue weighted by Crippen LogP contribution is -2.43. The molecule has 2 fully saturated rings. The van der Waals surface area contributed by atoms with Crippen LogP contribution in [-0.2, 0) is 14.4 Å². The Balaban J connectivity index is 2.02. The summed E-state index contributed by atoms with van der Waals surface area (Å²) in [7, 11) is 0. The average Bonchev–Trinajstić information content (AvgIpc) is 2.81. The molecule has 1 heterocycles. The summed E-state index contributed by atoms with van der Waals surface area (Å²) in [5.74, 6) is -1.87. The Kier molecular flexibility index (Phi) is 4.67. The van der Waals surface area contributed by atoms with E-state index in [-0.39, 0.29) is 17.7 Å². The highest BCUT2D eigenvalue weighted by Crippen LogP contribution is 2.39. The summed E-state index contributed by atoms with van der Waals surface area (Å²) in [5, 5.41) is 0. The standard InChI is InChI=1S/C18H20BrNO3/c1-11(21)15-16(12-5-3-2-4-6-12)20(18(23)17(15)22)14-9-7-13(19)8-10-14/h7-10,12,15-16H,2-6H2,1H3. The van der Waals surface area contributed by atoms with E-state index in [0.717, 1.165) is 30.2 Å². The molecule has 0 radical (unpaired) electrons. The third-order valence-electron chi connectivity index (χ3n) is 5.03. The molecule has 1 amide bonds. The number of Topliss-reactive ketones (excluding diaryl/α,β-unsaturated/α-hetero) is 2. The summed E-state index contributed by atoms with van der Waals surface area (Å²) < 4.78 is 0.913. The van der Waals surface area contributed by atoms with Crippen molar-refractivity contribution in [2.24, 2.45) is 11.8 Å². The minimum absolute atomic E-state index is 0.196. The van der Waals surface area contributed by atoms with Crippen LogP contribution in [0.1, 0.15) is 39.0 Å². The highest BCUT2D eigenvalue weighted by molar-refractivity contribution is 9.10. The predicted molar refractivity (Wildman–Crippen MR) is 91.2 cm³/mol. The highest BCUT2D eigenvalue weighted by atomic mass is 79.9. The first-order valence-electron chi connectivity index (χ1n) is 8.14. The average molecular weight is 378 g/mol. The van der Waals surface area contributed by atoms with Gasteiger partial charge in [-0.05, 0) is 49.9 Å². The second-order valence-corrected chi connectivity index (χ2v) is 7.41. The molecule has 1 saturated heterocycles. The molecule has 2 unspecified atom stereocenters. The fourth-order valence-electron chi connectivity index (χ4n) is 3.97. The van der Waals surface area contributed by atoms with Crippen molar-refractivity contribution in [3.8, 4) is 0 Å². The number of hydrogen-bond donors (Lipinski definition) is 0. The van der Waals surface area contributed by atoms with Crippen molar-refractivity contribution < 1.29 is 14.4 Å². The number of carbonyl (C=O) groups excluding carboxylic acids is 3. The summed E-state index contributed by atoms with van der Waals surface area (Å²) in [6.07, 6.45) is 5.34. The van der Waals surface area contributed by atoms with Gasteiger partial charge in [0, 0.05) is 10.2 Å². The zero-order valence-electron chi connectivity index (χ0n) is 13.1. The number of benzene rings is 1. The number of amides is 1. The summed E-state index contributed by atoms with van der Waals surface area (Å²) >= 11 is 3.38. The van der Waals surface area contributed by atoms with Crippen molar-refractivity contribution in [2.45, 2.75) is 45.1 Å². The molecule has 4 nitrogen and oxygen atoms in total. The van der Waals surface area contributed by atoms with Crippen LogP contribution < -0.4 is 4.90 Å². The molecule has 1 aromatic carbocycles. The summed E-state index contributed by atoms with van der Waals surface area (Å²) in [6.45, 7) is 1.43. The van der Waals surface area contributed by atoms with E-state index in [1.165, 1.54) is 13.3 Å². The molecule has 3 rings (SSSR count). The molecule has 0 aromatic heterocycles. The van der Waals surface area contributed by atoms with E-state index in [2.05, 4.69) is 15.9 Å². The molecule has 2 aliphatic rings. The molecule has 122 valence electrons. The predicted octanol–water partition coefficient (Wildman–Crippen LogP) is 3.52. The molecular formula is C18H20BrNO3. The maximum absolute atomic E-state index is 12.6. The second-order valence-electron chi connectivity index (χ2n) is 6.49. The van der Waals surface area contributed by atoms with Crippen LogP contribution in [0.3, 0.4) is 0 Å². The molecule has 0 bridgehead atoms. The number of rotatable bonds is 3. The fraction of sp³-hybridized carbons (Fsp3) is 0.500. The van der Waals surface area contributed by atoms with Crippen LogP contribution in [0.5, 0.6) is 0 Å². The first-order chi connectivity index (χ1) is 11.0. The molecule has 5 heteroatoms. The van der Waals surface area contributed by atoms with Gasteiger partial charge in [-0.15, -0.1) is 0 Å². The van der Waals surface area contributed by atoms with Gasteiger partial charge < -0.3 is 4.90 Å². The van der Waals surface area contributed by atoms with E-state index < -0.39 is 17.6 Å². The van der Waals surface area contributed by atoms with Crippen LogP contribution in [-0.4, -0.2) is 23.5 Å². The summed E-state index contributed by atoms with van der Waals surface area (Å²) in [4.78, 5) is 38.7. The molecule has 1 aliphatic carbocycles. The number of halogens is 1. The van der Waals surface area contributed by atoms with E-state index in [4.69, 9.17) is 0 Å². The van der Waals surface area contributed by atoms with Gasteiger partial charge in [0.1, 0.15) is 11.7 Å². The zero-order valence-corrected chi connectivity index (χ0v) is 14.7. The number of carbonyl (C=O) groups is 3. The first kappa shape index (κ1) is 16.4. The van der Waals surface area contributed by atoms with E-state index >= 15 is 0 Å². The van der Waals surface area contributed by atoms with Crippen molar-refractivity contribution in [1.29, 1.82) is 0 Å². The largest absolute Gasteiger partial charge is 0.301 e. The molecule has 2 atom stereocenters. The molecule has 23 heavy (non-hydrogen) atoms. The molecule has 1 aliphatic heterocycles. The Morgan fingerprint density at radius 1 is 1.09 bits per heavy atom. The smallest absolute Gasteiger partial charge is 0.295 e. The van der Waals surface area contributed by atoms with Gasteiger partial charge in [0.25, 0.3) is 5.91 Å². The fourth-order valence-corrected chi connectivity index (χ4v) is 4.23. The van der Waals surface area contributed by atoms with E-state index in [1.54, 1.807) is 4.90 Å². The Labute approximate surface area is 144 Å². The van der Waals surface area contributed by atoms with Crippen molar-refractivity contribution in [1.82, 2.24) is 0 Å². The monoisotopic (exact) mass is 377 g/mol. The molecule has 1 aromatic rings. The van der Waals surface area contributed by atoms with Gasteiger partial charge >= 0.3 is 0 Å². The molecule has 1 saturated carbocycles. The van der Waals surface area contributed by atoms with E-state index in [9.17, 15) is 14.4 Å². The van der Waals surface area contributed by atoms with Gasteiger partial charge in [-0.1, -0.05) is 35.2 Å². The minimum Gasteiger partial charge on any atom is -0.301 e. The van der Waals surface area contributed by atoms with Gasteiger partial charge in [-0.3, -0.25) is 14.4 Å². The lowest BCUT2D eigenvalue weighted by Gasteiger charge is -2.35. The molecular weight excluding hydrogens is 358 g/mol. The van der Waals surface area contributed by atoms with Crippen molar-refractivity contribution in [3.05, 3.63) is 28.7 Å². The lowest BCUT2D eigenvalue weighted by molar-refractivity contribution is -0.138. The van der Waals surface area contributed by atoms with Crippen molar-refractivity contribution in [3.63, 3.8) is 0 Å². The third-order valence-corrected chi connectivity index (χ3v) is 5.56. The number of hydrogen-bond acceptors (Lipinski definition) is 3. The van der Waals surface area contributed by atoms with Gasteiger partial charge in [0.15, 0.2) is 0 Å². The Morgan fingerprint density at radius 2 is 1.70 bits per heavy atom. The third kappa shape index (κ3) is 2.99. The van der Waals surface area contributed by atoms with Gasteiger partial charge in [-0.2, -0.15) is 0 Å². The maximum Gasteiger partial charge on any atom is 0.295 e. The number of nitrogens with zero attached hydrogens (tertiary/aromatic N) is 1. The van der Waals surface area contributed by atoms with Gasteiger partial charge in [-0.25, -0.2) is 0 Å². The van der Waals surface area contributed by atoms with Gasteiger partial charge in [0.2, 0.25) is 5.78 Å². The molecule has 0 spiro atoms. The first-order valence-corrected chi connectivity index (χ1v) is 8.93. The normalized spacial score (nSPS) is 25.9. The zero-order chi connectivity index (χ0) is 16.6. The second kappa shape index (κ2) is 6.56. The van der Waals surface area contributed by atoms with Crippen LogP contribution in [0.25, 0.3) is 0 Å². The quantitative estimate of drug-likeness (QED) is 0.598. The van der Waals surface area contributed by atoms with Crippen molar-refractivity contribution >= 4 is 39.1 Å². The van der Waals surface area contributed by atoms with E-state index in [0.29, 0.717) is 5.69 Å². The molecule has 0 N–H and O–H groups in total. The van der Waals surface area contributed by atoms with Crippen LogP contribution in [0.4, 0.5) is 5.69 Å². The minimum atomic E-state index is -0.811. The topological polar surface area (TPSA) is 54.5 Å². The van der Waals surface area contributed by atoms with Gasteiger partial charge in [0.05, 0.1) is 6.04 Å².